The summed E-state index contributed by atoms with van der Waals surface area (Å²) in [6.45, 7) is 2.24. The first kappa shape index (κ1) is 21.3. The summed E-state index contributed by atoms with van der Waals surface area (Å²) in [6.07, 6.45) is 1.82. The number of nitrogens with one attached hydrogen (secondary N) is 2. The molecular weight excluding hydrogens is 374 g/mol. The molecule has 0 amide bonds. The van der Waals surface area contributed by atoms with Crippen LogP contribution in [0.3, 0.4) is 0 Å². The van der Waals surface area contributed by atoms with Gasteiger partial charge in [0.1, 0.15) is 0 Å². The van der Waals surface area contributed by atoms with E-state index < -0.39 is 20.0 Å². The lowest BCUT2D eigenvalue weighted by atomic mass is 10.1. The van der Waals surface area contributed by atoms with E-state index in [9.17, 15) is 16.8 Å². The Hall–Kier alpha value is -0.710. The van der Waals surface area contributed by atoms with Crippen LogP contribution < -0.4 is 10.0 Å². The van der Waals surface area contributed by atoms with Crippen molar-refractivity contribution < 1.29 is 16.8 Å². The predicted octanol–water partition coefficient (Wildman–Crippen LogP) is 0.637. The molecule has 0 saturated carbocycles. The molecule has 1 aliphatic heterocycles. The molecular formula is C14H24ClN3O4S2. The SMILES string of the molecule is CN(C)S(=O)(=O)c1cccc(S(=O)(=O)NCCC2CCNC2)c1.Cl. The van der Waals surface area contributed by atoms with Crippen molar-refractivity contribution in [3.63, 3.8) is 0 Å². The van der Waals surface area contributed by atoms with Gasteiger partial charge in [0.15, 0.2) is 0 Å². The van der Waals surface area contributed by atoms with Crippen LogP contribution in [0.25, 0.3) is 0 Å². The van der Waals surface area contributed by atoms with Crippen LogP contribution in [0.1, 0.15) is 12.8 Å². The average Bonchev–Trinajstić information content (AvgIpc) is 3.00. The second-order valence-corrected chi connectivity index (χ2v) is 9.73. The Morgan fingerprint density at radius 2 is 1.88 bits per heavy atom. The van der Waals surface area contributed by atoms with Crippen LogP contribution in [0.4, 0.5) is 0 Å². The molecule has 0 aromatic heterocycles. The van der Waals surface area contributed by atoms with Gasteiger partial charge < -0.3 is 5.32 Å². The highest BCUT2D eigenvalue weighted by Crippen LogP contribution is 2.18. The summed E-state index contributed by atoms with van der Waals surface area (Å²) >= 11 is 0. The van der Waals surface area contributed by atoms with Gasteiger partial charge in [0.05, 0.1) is 9.79 Å². The largest absolute Gasteiger partial charge is 0.316 e. The number of benzene rings is 1. The Bertz CT molecular complexity index is 745. The van der Waals surface area contributed by atoms with Crippen LogP contribution in [0, 0.1) is 5.92 Å². The van der Waals surface area contributed by atoms with E-state index in [0.29, 0.717) is 12.5 Å². The molecule has 1 atom stereocenters. The Balaban J connectivity index is 0.00000288. The second-order valence-electron chi connectivity index (χ2n) is 5.81. The molecule has 138 valence electrons. The smallest absolute Gasteiger partial charge is 0.242 e. The van der Waals surface area contributed by atoms with E-state index in [2.05, 4.69) is 10.0 Å². The van der Waals surface area contributed by atoms with Crippen molar-refractivity contribution in [1.29, 1.82) is 0 Å². The van der Waals surface area contributed by atoms with Crippen molar-refractivity contribution in [3.8, 4) is 0 Å². The van der Waals surface area contributed by atoms with Gasteiger partial charge in [0.2, 0.25) is 20.0 Å². The fourth-order valence-electron chi connectivity index (χ4n) is 2.45. The van der Waals surface area contributed by atoms with Crippen LogP contribution in [-0.2, 0) is 20.0 Å². The molecule has 1 aromatic carbocycles. The molecule has 1 aromatic rings. The topological polar surface area (TPSA) is 95.6 Å². The summed E-state index contributed by atoms with van der Waals surface area (Å²) in [6, 6.07) is 5.41. The van der Waals surface area contributed by atoms with Crippen LogP contribution in [0.15, 0.2) is 34.1 Å². The molecule has 2 N–H and O–H groups in total. The van der Waals surface area contributed by atoms with Gasteiger partial charge >= 0.3 is 0 Å². The lowest BCUT2D eigenvalue weighted by Crippen LogP contribution is -2.27. The van der Waals surface area contributed by atoms with Gasteiger partial charge in [0, 0.05) is 20.6 Å². The predicted molar refractivity (Wildman–Crippen MR) is 95.3 cm³/mol. The molecule has 1 unspecified atom stereocenters. The maximum atomic E-state index is 12.3. The number of nitrogens with zero attached hydrogens (tertiary/aromatic N) is 1. The molecule has 0 spiro atoms. The zero-order valence-corrected chi connectivity index (χ0v) is 16.2. The summed E-state index contributed by atoms with van der Waals surface area (Å²) in [5.74, 6) is 0.484. The molecule has 0 bridgehead atoms. The lowest BCUT2D eigenvalue weighted by Gasteiger charge is -2.13. The highest BCUT2D eigenvalue weighted by atomic mass is 35.5. The van der Waals surface area contributed by atoms with Crippen molar-refractivity contribution in [3.05, 3.63) is 24.3 Å². The maximum absolute atomic E-state index is 12.3. The first-order valence-electron chi connectivity index (χ1n) is 7.46. The number of sulfonamides is 2. The minimum atomic E-state index is -3.71. The minimum Gasteiger partial charge on any atom is -0.316 e. The summed E-state index contributed by atoms with van der Waals surface area (Å²) < 4.78 is 52.4. The fourth-order valence-corrected chi connectivity index (χ4v) is 4.57. The van der Waals surface area contributed by atoms with E-state index in [1.807, 2.05) is 0 Å². The van der Waals surface area contributed by atoms with Crippen LogP contribution in [0.5, 0.6) is 0 Å². The summed E-state index contributed by atoms with van der Waals surface area (Å²) in [5.41, 5.74) is 0. The summed E-state index contributed by atoms with van der Waals surface area (Å²) in [5, 5.41) is 3.24. The average molecular weight is 398 g/mol. The van der Waals surface area contributed by atoms with Gasteiger partial charge in [-0.15, -0.1) is 12.4 Å². The lowest BCUT2D eigenvalue weighted by molar-refractivity contribution is 0.518. The number of hydrogen-bond acceptors (Lipinski definition) is 5. The van der Waals surface area contributed by atoms with E-state index in [1.54, 1.807) is 0 Å². The van der Waals surface area contributed by atoms with Gasteiger partial charge in [0.25, 0.3) is 0 Å². The molecule has 0 aliphatic carbocycles. The normalized spacial score (nSPS) is 18.5. The Morgan fingerprint density at radius 3 is 2.46 bits per heavy atom. The number of hydrogen-bond donors (Lipinski definition) is 2. The van der Waals surface area contributed by atoms with Crippen molar-refractivity contribution in [1.82, 2.24) is 14.3 Å². The van der Waals surface area contributed by atoms with E-state index in [-0.39, 0.29) is 22.2 Å². The zero-order chi connectivity index (χ0) is 17.1. The van der Waals surface area contributed by atoms with Gasteiger partial charge in [-0.2, -0.15) is 0 Å². The van der Waals surface area contributed by atoms with Crippen molar-refractivity contribution in [2.45, 2.75) is 22.6 Å². The third-order valence-electron chi connectivity index (χ3n) is 3.90. The standard InChI is InChI=1S/C14H23N3O4S2.ClH/c1-17(2)23(20,21)14-5-3-4-13(10-14)22(18,19)16-9-7-12-6-8-15-11-12;/h3-5,10,12,15-16H,6-9,11H2,1-2H3;1H. The highest BCUT2D eigenvalue weighted by molar-refractivity contribution is 7.90. The first-order chi connectivity index (χ1) is 10.7. The minimum absolute atomic E-state index is 0. The number of rotatable bonds is 7. The molecule has 1 fully saturated rings. The van der Waals surface area contributed by atoms with Gasteiger partial charge in [-0.1, -0.05) is 6.07 Å². The van der Waals surface area contributed by atoms with E-state index in [0.717, 1.165) is 30.2 Å². The van der Waals surface area contributed by atoms with Gasteiger partial charge in [-0.05, 0) is 50.0 Å². The first-order valence-corrected chi connectivity index (χ1v) is 10.4. The molecule has 2 rings (SSSR count). The van der Waals surface area contributed by atoms with Gasteiger partial charge in [-0.25, -0.2) is 25.9 Å². The number of halogens is 1. The molecule has 0 radical (unpaired) electrons. The zero-order valence-electron chi connectivity index (χ0n) is 13.7. The Labute approximate surface area is 150 Å². The summed E-state index contributed by atoms with van der Waals surface area (Å²) in [7, 11) is -4.56. The monoisotopic (exact) mass is 397 g/mol. The Kier molecular flexibility index (Phi) is 7.64. The van der Waals surface area contributed by atoms with E-state index in [1.165, 1.54) is 38.4 Å². The molecule has 7 nitrogen and oxygen atoms in total. The van der Waals surface area contributed by atoms with Crippen LogP contribution >= 0.6 is 12.4 Å². The van der Waals surface area contributed by atoms with E-state index in [4.69, 9.17) is 0 Å². The highest BCUT2D eigenvalue weighted by Gasteiger charge is 2.22. The third-order valence-corrected chi connectivity index (χ3v) is 7.17. The fraction of sp³-hybridized carbons (Fsp3) is 0.571. The van der Waals surface area contributed by atoms with Crippen LogP contribution in [0.2, 0.25) is 0 Å². The summed E-state index contributed by atoms with van der Waals surface area (Å²) in [4.78, 5) is -0.0738. The second kappa shape index (κ2) is 8.59. The Morgan fingerprint density at radius 1 is 1.21 bits per heavy atom. The molecule has 1 aliphatic rings. The van der Waals surface area contributed by atoms with E-state index >= 15 is 0 Å². The maximum Gasteiger partial charge on any atom is 0.242 e. The molecule has 1 saturated heterocycles. The van der Waals surface area contributed by atoms with Crippen molar-refractivity contribution >= 4 is 32.5 Å². The molecule has 24 heavy (non-hydrogen) atoms. The van der Waals surface area contributed by atoms with Crippen molar-refractivity contribution in [2.24, 2.45) is 5.92 Å². The molecule has 10 heteroatoms. The van der Waals surface area contributed by atoms with Gasteiger partial charge in [-0.3, -0.25) is 0 Å². The molecule has 1 heterocycles. The quantitative estimate of drug-likeness (QED) is 0.703. The third kappa shape index (κ3) is 5.14. The van der Waals surface area contributed by atoms with Crippen LogP contribution in [-0.4, -0.2) is 54.9 Å². The van der Waals surface area contributed by atoms with Crippen molar-refractivity contribution in [2.75, 3.05) is 33.7 Å².